The maximum absolute atomic E-state index is 12.6. The molecule has 150 valence electrons. The van der Waals surface area contributed by atoms with E-state index in [9.17, 15) is 4.79 Å². The second kappa shape index (κ2) is 10.4. The minimum atomic E-state index is -0.107. The van der Waals surface area contributed by atoms with Gasteiger partial charge in [-0.15, -0.1) is 11.8 Å². The summed E-state index contributed by atoms with van der Waals surface area (Å²) in [6.07, 6.45) is 0. The van der Waals surface area contributed by atoms with Gasteiger partial charge in [0.25, 0.3) is 5.91 Å². The van der Waals surface area contributed by atoms with Gasteiger partial charge in [0.1, 0.15) is 5.75 Å². The van der Waals surface area contributed by atoms with E-state index in [1.165, 1.54) is 10.5 Å². The number of ether oxygens (including phenoxy) is 1. The highest BCUT2D eigenvalue weighted by Gasteiger charge is 2.11. The van der Waals surface area contributed by atoms with Crippen molar-refractivity contribution in [3.05, 3.63) is 94.0 Å². The quantitative estimate of drug-likeness (QED) is 0.432. The zero-order valence-corrected chi connectivity index (χ0v) is 18.1. The van der Waals surface area contributed by atoms with Crippen molar-refractivity contribution in [3.8, 4) is 5.75 Å². The fourth-order valence-corrected chi connectivity index (χ4v) is 3.81. The first kappa shape index (κ1) is 21.3. The molecule has 0 saturated carbocycles. The van der Waals surface area contributed by atoms with Crippen LogP contribution in [0.25, 0.3) is 0 Å². The van der Waals surface area contributed by atoms with Crippen molar-refractivity contribution in [3.63, 3.8) is 0 Å². The Morgan fingerprint density at radius 2 is 1.76 bits per heavy atom. The van der Waals surface area contributed by atoms with E-state index < -0.39 is 0 Å². The van der Waals surface area contributed by atoms with Crippen LogP contribution in [-0.2, 0) is 12.3 Å². The van der Waals surface area contributed by atoms with Crippen LogP contribution in [0.3, 0.4) is 0 Å². The van der Waals surface area contributed by atoms with Crippen molar-refractivity contribution in [2.24, 2.45) is 0 Å². The standard InChI is InChI=1S/C24H24ClNO2S/c1-3-28-23-13-8-19(24(27)26-15-18-6-9-21(25)10-7-18)14-20(23)16-29-22-11-4-17(2)5-12-22/h4-14H,3,15-16H2,1-2H3,(H,26,27). The summed E-state index contributed by atoms with van der Waals surface area (Å²) in [5.74, 6) is 1.45. The van der Waals surface area contributed by atoms with Gasteiger partial charge in [0.15, 0.2) is 0 Å². The van der Waals surface area contributed by atoms with Crippen molar-refractivity contribution in [1.82, 2.24) is 5.32 Å². The number of amides is 1. The summed E-state index contributed by atoms with van der Waals surface area (Å²) in [5.41, 5.74) is 3.88. The van der Waals surface area contributed by atoms with E-state index in [4.69, 9.17) is 16.3 Å². The third kappa shape index (κ3) is 6.28. The van der Waals surface area contributed by atoms with Crippen LogP contribution in [0, 0.1) is 6.92 Å². The SMILES string of the molecule is CCOc1ccc(C(=O)NCc2ccc(Cl)cc2)cc1CSc1ccc(C)cc1. The third-order valence-corrected chi connectivity index (χ3v) is 5.72. The number of rotatable bonds is 8. The molecule has 3 nitrogen and oxygen atoms in total. The van der Waals surface area contributed by atoms with Gasteiger partial charge in [-0.2, -0.15) is 0 Å². The van der Waals surface area contributed by atoms with Crippen molar-refractivity contribution in [2.45, 2.75) is 31.0 Å². The number of halogens is 1. The molecule has 0 spiro atoms. The second-order valence-electron chi connectivity index (χ2n) is 6.67. The van der Waals surface area contributed by atoms with Crippen LogP contribution in [0.15, 0.2) is 71.6 Å². The molecule has 0 bridgehead atoms. The van der Waals surface area contributed by atoms with E-state index in [2.05, 4.69) is 36.5 Å². The fraction of sp³-hybridized carbons (Fsp3) is 0.208. The lowest BCUT2D eigenvalue weighted by atomic mass is 10.1. The number of hydrogen-bond acceptors (Lipinski definition) is 3. The van der Waals surface area contributed by atoms with Crippen LogP contribution in [0.5, 0.6) is 5.75 Å². The van der Waals surface area contributed by atoms with Crippen LogP contribution in [-0.4, -0.2) is 12.5 Å². The highest BCUT2D eigenvalue weighted by Crippen LogP contribution is 2.29. The lowest BCUT2D eigenvalue weighted by molar-refractivity contribution is 0.0951. The molecule has 0 aliphatic carbocycles. The van der Waals surface area contributed by atoms with Crippen LogP contribution < -0.4 is 10.1 Å². The average Bonchev–Trinajstić information content (AvgIpc) is 2.73. The molecule has 0 unspecified atom stereocenters. The van der Waals surface area contributed by atoms with Gasteiger partial charge >= 0.3 is 0 Å². The Morgan fingerprint density at radius 1 is 1.03 bits per heavy atom. The molecule has 3 rings (SSSR count). The van der Waals surface area contributed by atoms with E-state index in [-0.39, 0.29) is 5.91 Å². The zero-order valence-electron chi connectivity index (χ0n) is 16.6. The third-order valence-electron chi connectivity index (χ3n) is 4.40. The Kier molecular flexibility index (Phi) is 7.62. The lowest BCUT2D eigenvalue weighted by Crippen LogP contribution is -2.22. The topological polar surface area (TPSA) is 38.3 Å². The van der Waals surface area contributed by atoms with Gasteiger partial charge < -0.3 is 10.1 Å². The minimum Gasteiger partial charge on any atom is -0.494 e. The van der Waals surface area contributed by atoms with Crippen molar-refractivity contribution >= 4 is 29.3 Å². The number of aryl methyl sites for hydroxylation is 1. The van der Waals surface area contributed by atoms with Crippen LogP contribution >= 0.6 is 23.4 Å². The molecule has 0 fully saturated rings. The van der Waals surface area contributed by atoms with E-state index >= 15 is 0 Å². The molecule has 3 aromatic rings. The van der Waals surface area contributed by atoms with E-state index in [0.29, 0.717) is 23.7 Å². The summed E-state index contributed by atoms with van der Waals surface area (Å²) < 4.78 is 5.76. The maximum Gasteiger partial charge on any atom is 0.251 e. The Morgan fingerprint density at radius 3 is 2.45 bits per heavy atom. The van der Waals surface area contributed by atoms with Gasteiger partial charge in [-0.05, 0) is 61.9 Å². The second-order valence-corrected chi connectivity index (χ2v) is 8.15. The summed E-state index contributed by atoms with van der Waals surface area (Å²) in [4.78, 5) is 13.8. The monoisotopic (exact) mass is 425 g/mol. The van der Waals surface area contributed by atoms with Gasteiger partial charge in [-0.25, -0.2) is 0 Å². The lowest BCUT2D eigenvalue weighted by Gasteiger charge is -2.13. The van der Waals surface area contributed by atoms with Gasteiger partial charge in [0.2, 0.25) is 0 Å². The number of thioether (sulfide) groups is 1. The van der Waals surface area contributed by atoms with E-state index in [1.807, 2.05) is 49.4 Å². The highest BCUT2D eigenvalue weighted by atomic mass is 35.5. The van der Waals surface area contributed by atoms with Crippen LogP contribution in [0.1, 0.15) is 34.0 Å². The van der Waals surface area contributed by atoms with Gasteiger partial charge in [-0.3, -0.25) is 4.79 Å². The van der Waals surface area contributed by atoms with E-state index in [0.717, 1.165) is 22.6 Å². The summed E-state index contributed by atoms with van der Waals surface area (Å²) in [6.45, 7) is 5.08. The van der Waals surface area contributed by atoms with Crippen LogP contribution in [0.4, 0.5) is 0 Å². The number of nitrogens with one attached hydrogen (secondary N) is 1. The molecule has 0 atom stereocenters. The minimum absolute atomic E-state index is 0.107. The molecule has 0 heterocycles. The molecule has 0 saturated heterocycles. The first-order valence-corrected chi connectivity index (χ1v) is 10.9. The van der Waals surface area contributed by atoms with Gasteiger partial charge in [0.05, 0.1) is 6.61 Å². The summed E-state index contributed by atoms with van der Waals surface area (Å²) >= 11 is 7.64. The predicted molar refractivity (Wildman–Crippen MR) is 121 cm³/mol. The Hall–Kier alpha value is -2.43. The molecule has 0 aliphatic rings. The molecule has 5 heteroatoms. The summed E-state index contributed by atoms with van der Waals surface area (Å²) in [7, 11) is 0. The number of benzene rings is 3. The fourth-order valence-electron chi connectivity index (χ4n) is 2.81. The Bertz CT molecular complexity index is 956. The molecule has 0 aromatic heterocycles. The van der Waals surface area contributed by atoms with Crippen molar-refractivity contribution in [2.75, 3.05) is 6.61 Å². The van der Waals surface area contributed by atoms with Gasteiger partial charge in [-0.1, -0.05) is 41.4 Å². The number of carbonyl (C=O) groups excluding carboxylic acids is 1. The normalized spacial score (nSPS) is 10.6. The molecule has 1 amide bonds. The maximum atomic E-state index is 12.6. The molecule has 0 radical (unpaired) electrons. The summed E-state index contributed by atoms with van der Waals surface area (Å²) in [6, 6.07) is 21.5. The van der Waals surface area contributed by atoms with Crippen LogP contribution in [0.2, 0.25) is 5.02 Å². The molecule has 29 heavy (non-hydrogen) atoms. The van der Waals surface area contributed by atoms with Crippen molar-refractivity contribution in [1.29, 1.82) is 0 Å². The smallest absolute Gasteiger partial charge is 0.251 e. The number of hydrogen-bond donors (Lipinski definition) is 1. The zero-order chi connectivity index (χ0) is 20.6. The summed E-state index contributed by atoms with van der Waals surface area (Å²) in [5, 5.41) is 3.65. The first-order valence-electron chi connectivity index (χ1n) is 9.53. The Balaban J connectivity index is 1.69. The van der Waals surface area contributed by atoms with E-state index in [1.54, 1.807) is 11.8 Å². The Labute approximate surface area is 181 Å². The first-order chi connectivity index (χ1) is 14.0. The highest BCUT2D eigenvalue weighted by molar-refractivity contribution is 7.98. The molecule has 3 aromatic carbocycles. The predicted octanol–water partition coefficient (Wildman–Crippen LogP) is 6.27. The molecular weight excluding hydrogens is 402 g/mol. The molecule has 0 aliphatic heterocycles. The molecule has 1 N–H and O–H groups in total. The molecular formula is C24H24ClNO2S. The van der Waals surface area contributed by atoms with Crippen molar-refractivity contribution < 1.29 is 9.53 Å². The average molecular weight is 426 g/mol. The largest absolute Gasteiger partial charge is 0.494 e. The number of carbonyl (C=O) groups is 1. The van der Waals surface area contributed by atoms with Gasteiger partial charge in [0, 0.05) is 33.3 Å².